The second-order valence-corrected chi connectivity index (χ2v) is 6.36. The average molecular weight is 297 g/mol. The zero-order valence-corrected chi connectivity index (χ0v) is 13.0. The van der Waals surface area contributed by atoms with E-state index in [1.807, 2.05) is 0 Å². The van der Waals surface area contributed by atoms with Gasteiger partial charge >= 0.3 is 10.1 Å². The van der Waals surface area contributed by atoms with E-state index in [0.717, 1.165) is 19.3 Å². The quantitative estimate of drug-likeness (QED) is 0.391. The molecule has 0 heterocycles. The number of benzene rings is 1. The van der Waals surface area contributed by atoms with Crippen molar-refractivity contribution in [3.8, 4) is 0 Å². The Morgan fingerprint density at radius 3 is 2.40 bits per heavy atom. The SMILES string of the molecule is CCCCCCC/C(C)=N/OS(=O)(=O)c1ccccc1. The van der Waals surface area contributed by atoms with Gasteiger partial charge in [-0.2, -0.15) is 8.42 Å². The molecule has 0 aliphatic rings. The lowest BCUT2D eigenvalue weighted by atomic mass is 10.1. The summed E-state index contributed by atoms with van der Waals surface area (Å²) < 4.78 is 28.4. The van der Waals surface area contributed by atoms with Crippen molar-refractivity contribution in [1.82, 2.24) is 0 Å². The van der Waals surface area contributed by atoms with Gasteiger partial charge < -0.3 is 0 Å². The van der Waals surface area contributed by atoms with E-state index in [0.29, 0.717) is 5.71 Å². The third kappa shape index (κ3) is 6.19. The van der Waals surface area contributed by atoms with E-state index in [4.69, 9.17) is 4.28 Å². The highest BCUT2D eigenvalue weighted by Gasteiger charge is 2.14. The van der Waals surface area contributed by atoms with Crippen molar-refractivity contribution in [2.75, 3.05) is 0 Å². The van der Waals surface area contributed by atoms with Crippen LogP contribution in [0.3, 0.4) is 0 Å². The summed E-state index contributed by atoms with van der Waals surface area (Å²) in [6, 6.07) is 8.04. The van der Waals surface area contributed by atoms with Gasteiger partial charge in [0.15, 0.2) is 0 Å². The van der Waals surface area contributed by atoms with Crippen molar-refractivity contribution in [2.45, 2.75) is 57.3 Å². The minimum atomic E-state index is -3.78. The molecule has 0 spiro atoms. The predicted molar refractivity (Wildman–Crippen MR) is 81.2 cm³/mol. The molecule has 0 atom stereocenters. The van der Waals surface area contributed by atoms with Crippen molar-refractivity contribution in [1.29, 1.82) is 0 Å². The molecule has 0 fully saturated rings. The van der Waals surface area contributed by atoms with Gasteiger partial charge in [-0.25, -0.2) is 0 Å². The standard InChI is InChI=1S/C15H23NO3S/c1-3-4-5-6-8-11-14(2)16-19-20(17,18)15-12-9-7-10-13-15/h7,9-10,12-13H,3-6,8,11H2,1-2H3/b16-14+. The van der Waals surface area contributed by atoms with Gasteiger partial charge in [-0.05, 0) is 31.9 Å². The van der Waals surface area contributed by atoms with E-state index in [1.54, 1.807) is 25.1 Å². The molecule has 0 saturated heterocycles. The van der Waals surface area contributed by atoms with Gasteiger partial charge in [-0.1, -0.05) is 56.0 Å². The molecule has 1 aromatic rings. The van der Waals surface area contributed by atoms with Crippen LogP contribution in [0, 0.1) is 0 Å². The van der Waals surface area contributed by atoms with Crippen LogP contribution in [-0.4, -0.2) is 14.1 Å². The zero-order chi connectivity index (χ0) is 14.8. The predicted octanol–water partition coefficient (Wildman–Crippen LogP) is 4.13. The number of unbranched alkanes of at least 4 members (excludes halogenated alkanes) is 4. The summed E-state index contributed by atoms with van der Waals surface area (Å²) in [4.78, 5) is 0.125. The van der Waals surface area contributed by atoms with E-state index in [-0.39, 0.29) is 4.90 Å². The Balaban J connectivity index is 2.42. The molecular formula is C15H23NO3S. The molecule has 5 heteroatoms. The molecule has 0 radical (unpaired) electrons. The lowest BCUT2D eigenvalue weighted by Gasteiger charge is -2.03. The van der Waals surface area contributed by atoms with E-state index >= 15 is 0 Å². The number of rotatable bonds is 9. The second kappa shape index (κ2) is 8.74. The Kier molecular flexibility index (Phi) is 7.30. The lowest BCUT2D eigenvalue weighted by Crippen LogP contribution is -2.04. The number of hydrogen-bond donors (Lipinski definition) is 0. The average Bonchev–Trinajstić information content (AvgIpc) is 2.46. The van der Waals surface area contributed by atoms with E-state index in [2.05, 4.69) is 12.1 Å². The largest absolute Gasteiger partial charge is 0.358 e. The monoisotopic (exact) mass is 297 g/mol. The maximum Gasteiger partial charge on any atom is 0.358 e. The van der Waals surface area contributed by atoms with Gasteiger partial charge in [0.05, 0.1) is 5.71 Å². The highest BCUT2D eigenvalue weighted by atomic mass is 32.2. The first-order valence-corrected chi connectivity index (χ1v) is 8.49. The van der Waals surface area contributed by atoms with Crippen LogP contribution < -0.4 is 0 Å². The maximum atomic E-state index is 11.8. The minimum absolute atomic E-state index is 0.125. The smallest absolute Gasteiger partial charge is 0.265 e. The highest BCUT2D eigenvalue weighted by molar-refractivity contribution is 7.86. The summed E-state index contributed by atoms with van der Waals surface area (Å²) in [5, 5.41) is 3.72. The molecule has 0 N–H and O–H groups in total. The van der Waals surface area contributed by atoms with Crippen LogP contribution >= 0.6 is 0 Å². The van der Waals surface area contributed by atoms with Crippen molar-refractivity contribution in [3.05, 3.63) is 30.3 Å². The third-order valence-electron chi connectivity index (χ3n) is 2.97. The Bertz CT molecular complexity index is 509. The van der Waals surface area contributed by atoms with E-state index in [9.17, 15) is 8.42 Å². The third-order valence-corrected chi connectivity index (χ3v) is 4.09. The van der Waals surface area contributed by atoms with Crippen molar-refractivity contribution in [2.24, 2.45) is 5.16 Å². The van der Waals surface area contributed by atoms with Crippen LogP contribution in [0.1, 0.15) is 52.4 Å². The summed E-state index contributed by atoms with van der Waals surface area (Å²) in [5.41, 5.74) is 0.709. The fraction of sp³-hybridized carbons (Fsp3) is 0.533. The van der Waals surface area contributed by atoms with Crippen molar-refractivity contribution < 1.29 is 12.7 Å². The molecule has 4 nitrogen and oxygen atoms in total. The lowest BCUT2D eigenvalue weighted by molar-refractivity contribution is 0.337. The zero-order valence-electron chi connectivity index (χ0n) is 12.2. The maximum absolute atomic E-state index is 11.8. The Labute approximate surface area is 122 Å². The second-order valence-electron chi connectivity index (χ2n) is 4.83. The van der Waals surface area contributed by atoms with Crippen LogP contribution in [0.5, 0.6) is 0 Å². The molecule has 0 bridgehead atoms. The number of hydrogen-bond acceptors (Lipinski definition) is 4. The van der Waals surface area contributed by atoms with Crippen LogP contribution in [0.2, 0.25) is 0 Å². The molecule has 0 aliphatic heterocycles. The van der Waals surface area contributed by atoms with Gasteiger partial charge in [0.2, 0.25) is 0 Å². The highest BCUT2D eigenvalue weighted by Crippen LogP contribution is 2.12. The summed E-state index contributed by atoms with van der Waals surface area (Å²) >= 11 is 0. The normalized spacial score (nSPS) is 12.4. The van der Waals surface area contributed by atoms with Gasteiger partial charge in [-0.15, -0.1) is 0 Å². The molecule has 1 rings (SSSR count). The van der Waals surface area contributed by atoms with Crippen LogP contribution in [0.4, 0.5) is 0 Å². The van der Waals surface area contributed by atoms with Gasteiger partial charge in [-0.3, -0.25) is 4.28 Å². The summed E-state index contributed by atoms with van der Waals surface area (Å²) in [7, 11) is -3.78. The van der Waals surface area contributed by atoms with E-state index in [1.165, 1.54) is 31.4 Å². The molecule has 112 valence electrons. The summed E-state index contributed by atoms with van der Waals surface area (Å²) in [5.74, 6) is 0. The molecular weight excluding hydrogens is 274 g/mol. The van der Waals surface area contributed by atoms with Crippen LogP contribution in [0.15, 0.2) is 40.4 Å². The Hall–Kier alpha value is -1.36. The van der Waals surface area contributed by atoms with E-state index < -0.39 is 10.1 Å². The molecule has 0 aromatic heterocycles. The van der Waals surface area contributed by atoms with Gasteiger partial charge in [0.25, 0.3) is 0 Å². The molecule has 0 amide bonds. The molecule has 0 unspecified atom stereocenters. The molecule has 0 saturated carbocycles. The first kappa shape index (κ1) is 16.7. The number of nitrogens with zero attached hydrogens (tertiary/aromatic N) is 1. The van der Waals surface area contributed by atoms with Crippen molar-refractivity contribution >= 4 is 15.8 Å². The van der Waals surface area contributed by atoms with Gasteiger partial charge in [0, 0.05) is 0 Å². The molecule has 20 heavy (non-hydrogen) atoms. The minimum Gasteiger partial charge on any atom is -0.265 e. The van der Waals surface area contributed by atoms with Crippen molar-refractivity contribution in [3.63, 3.8) is 0 Å². The molecule has 1 aromatic carbocycles. The fourth-order valence-electron chi connectivity index (χ4n) is 1.77. The van der Waals surface area contributed by atoms with Crippen LogP contribution in [-0.2, 0) is 14.4 Å². The molecule has 0 aliphatic carbocycles. The summed E-state index contributed by atoms with van der Waals surface area (Å²) in [6.45, 7) is 3.97. The number of oxime groups is 1. The Morgan fingerprint density at radius 1 is 1.10 bits per heavy atom. The Morgan fingerprint density at radius 2 is 1.75 bits per heavy atom. The van der Waals surface area contributed by atoms with Crippen LogP contribution in [0.25, 0.3) is 0 Å². The first-order valence-electron chi connectivity index (χ1n) is 7.08. The topological polar surface area (TPSA) is 55.7 Å². The first-order chi connectivity index (χ1) is 9.56. The summed E-state index contributed by atoms with van der Waals surface area (Å²) in [6.07, 6.45) is 6.61. The van der Waals surface area contributed by atoms with Gasteiger partial charge in [0.1, 0.15) is 4.90 Å². The fourth-order valence-corrected chi connectivity index (χ4v) is 2.57.